The van der Waals surface area contributed by atoms with Crippen molar-refractivity contribution in [2.24, 2.45) is 0 Å². The quantitative estimate of drug-likeness (QED) is 0.383. The van der Waals surface area contributed by atoms with Gasteiger partial charge in [-0.15, -0.1) is 0 Å². The van der Waals surface area contributed by atoms with Gasteiger partial charge in [-0.3, -0.25) is 4.98 Å². The molecule has 32 heavy (non-hydrogen) atoms. The molecule has 0 aliphatic carbocycles. The van der Waals surface area contributed by atoms with Crippen LogP contribution in [0, 0.1) is 11.3 Å². The minimum Gasteiger partial charge on any atom is -0.493 e. The molecule has 6 heteroatoms. The molecule has 0 spiro atoms. The number of benzene rings is 3. The number of nitrogens with zero attached hydrogens (tertiary/aromatic N) is 2. The van der Waals surface area contributed by atoms with Gasteiger partial charge in [0.05, 0.1) is 25.5 Å². The number of nitrogens with one attached hydrogen (secondary N) is 1. The number of aromatic nitrogens is 1. The first-order chi connectivity index (χ1) is 15.7. The molecular weight excluding hydrogens is 402 g/mol. The fraction of sp³-hybridized carbons (Fsp3) is 0.0769. The van der Waals surface area contributed by atoms with E-state index in [1.165, 1.54) is 6.20 Å². The van der Waals surface area contributed by atoms with E-state index in [4.69, 9.17) is 14.2 Å². The standard InChI is InChI=1S/C26H21N3O3/c1-30-24-12-11-18(13-25(24)31-2)23-17-28-16-19(15-27)26(23)29-20-7-6-10-22(14-20)32-21-8-4-3-5-9-21/h3-14,16-17H,1-2H3,(H,28,29). The third-order valence-corrected chi connectivity index (χ3v) is 4.84. The molecule has 0 aliphatic rings. The highest BCUT2D eigenvalue weighted by molar-refractivity contribution is 5.85. The SMILES string of the molecule is COc1ccc(-c2cncc(C#N)c2Nc2cccc(Oc3ccccc3)c2)cc1OC. The van der Waals surface area contributed by atoms with Crippen LogP contribution in [0.5, 0.6) is 23.0 Å². The van der Waals surface area contributed by atoms with Crippen molar-refractivity contribution in [2.75, 3.05) is 19.5 Å². The molecule has 0 saturated carbocycles. The molecule has 0 unspecified atom stereocenters. The van der Waals surface area contributed by atoms with Crippen molar-refractivity contribution in [2.45, 2.75) is 0 Å². The summed E-state index contributed by atoms with van der Waals surface area (Å²) in [5.74, 6) is 2.65. The van der Waals surface area contributed by atoms with Gasteiger partial charge in [-0.25, -0.2) is 0 Å². The summed E-state index contributed by atoms with van der Waals surface area (Å²) in [6.07, 6.45) is 3.26. The Hall–Kier alpha value is -4.50. The summed E-state index contributed by atoms with van der Waals surface area (Å²) in [7, 11) is 3.18. The number of para-hydroxylation sites is 1. The van der Waals surface area contributed by atoms with Gasteiger partial charge in [0.2, 0.25) is 0 Å². The van der Waals surface area contributed by atoms with Crippen molar-refractivity contribution in [3.63, 3.8) is 0 Å². The van der Waals surface area contributed by atoms with E-state index < -0.39 is 0 Å². The Labute approximate surface area is 186 Å². The van der Waals surface area contributed by atoms with Crippen LogP contribution < -0.4 is 19.5 Å². The fourth-order valence-corrected chi connectivity index (χ4v) is 3.31. The first-order valence-electron chi connectivity index (χ1n) is 9.92. The van der Waals surface area contributed by atoms with Crippen molar-refractivity contribution in [1.29, 1.82) is 5.26 Å². The Morgan fingerprint density at radius 1 is 0.812 bits per heavy atom. The molecule has 0 bridgehead atoms. The molecular formula is C26H21N3O3. The molecule has 4 aromatic rings. The van der Waals surface area contributed by atoms with Crippen LogP contribution in [0.25, 0.3) is 11.1 Å². The van der Waals surface area contributed by atoms with Crippen LogP contribution in [-0.4, -0.2) is 19.2 Å². The summed E-state index contributed by atoms with van der Waals surface area (Å²) in [4.78, 5) is 4.25. The second kappa shape index (κ2) is 9.54. The maximum Gasteiger partial charge on any atom is 0.161 e. The van der Waals surface area contributed by atoms with Gasteiger partial charge in [-0.2, -0.15) is 5.26 Å². The lowest BCUT2D eigenvalue weighted by Crippen LogP contribution is -1.99. The van der Waals surface area contributed by atoms with Gasteiger partial charge in [0, 0.05) is 29.7 Å². The Bertz CT molecular complexity index is 1270. The molecule has 0 saturated heterocycles. The van der Waals surface area contributed by atoms with E-state index in [0.717, 1.165) is 22.6 Å². The van der Waals surface area contributed by atoms with E-state index >= 15 is 0 Å². The average Bonchev–Trinajstić information content (AvgIpc) is 2.84. The van der Waals surface area contributed by atoms with Crippen LogP contribution in [0.2, 0.25) is 0 Å². The summed E-state index contributed by atoms with van der Waals surface area (Å²) < 4.78 is 16.7. The van der Waals surface area contributed by atoms with E-state index in [2.05, 4.69) is 16.4 Å². The van der Waals surface area contributed by atoms with Gasteiger partial charge in [0.15, 0.2) is 11.5 Å². The van der Waals surface area contributed by atoms with E-state index in [1.807, 2.05) is 72.8 Å². The van der Waals surface area contributed by atoms with Gasteiger partial charge < -0.3 is 19.5 Å². The highest BCUT2D eigenvalue weighted by Crippen LogP contribution is 2.37. The Morgan fingerprint density at radius 2 is 1.59 bits per heavy atom. The van der Waals surface area contributed by atoms with Gasteiger partial charge in [-0.05, 0) is 42.0 Å². The summed E-state index contributed by atoms with van der Waals surface area (Å²) in [6, 6.07) is 24.9. The number of rotatable bonds is 7. The van der Waals surface area contributed by atoms with Crippen LogP contribution in [0.15, 0.2) is 85.2 Å². The Kier molecular flexibility index (Phi) is 6.19. The van der Waals surface area contributed by atoms with Crippen molar-refractivity contribution in [3.8, 4) is 40.2 Å². The molecule has 1 aromatic heterocycles. The molecule has 158 valence electrons. The predicted octanol–water partition coefficient (Wildman–Crippen LogP) is 6.17. The van der Waals surface area contributed by atoms with Crippen molar-refractivity contribution in [3.05, 3.63) is 90.8 Å². The van der Waals surface area contributed by atoms with Gasteiger partial charge in [-0.1, -0.05) is 30.3 Å². The van der Waals surface area contributed by atoms with Crippen LogP contribution in [0.4, 0.5) is 11.4 Å². The molecule has 0 radical (unpaired) electrons. The van der Waals surface area contributed by atoms with Gasteiger partial charge in [0.25, 0.3) is 0 Å². The highest BCUT2D eigenvalue weighted by Gasteiger charge is 2.14. The number of pyridine rings is 1. The number of anilines is 2. The van der Waals surface area contributed by atoms with Gasteiger partial charge >= 0.3 is 0 Å². The molecule has 6 nitrogen and oxygen atoms in total. The summed E-state index contributed by atoms with van der Waals surface area (Å²) in [5.41, 5.74) is 3.45. The molecule has 0 aliphatic heterocycles. The Morgan fingerprint density at radius 3 is 2.34 bits per heavy atom. The molecule has 0 atom stereocenters. The van der Waals surface area contributed by atoms with Crippen molar-refractivity contribution < 1.29 is 14.2 Å². The van der Waals surface area contributed by atoms with Crippen LogP contribution >= 0.6 is 0 Å². The van der Waals surface area contributed by atoms with Crippen LogP contribution in [-0.2, 0) is 0 Å². The number of hydrogen-bond acceptors (Lipinski definition) is 6. The zero-order valence-electron chi connectivity index (χ0n) is 17.7. The lowest BCUT2D eigenvalue weighted by atomic mass is 10.0. The zero-order valence-corrected chi connectivity index (χ0v) is 17.7. The first kappa shape index (κ1) is 20.8. The second-order valence-electron chi connectivity index (χ2n) is 6.86. The highest BCUT2D eigenvalue weighted by atomic mass is 16.5. The zero-order chi connectivity index (χ0) is 22.3. The van der Waals surface area contributed by atoms with E-state index in [1.54, 1.807) is 20.4 Å². The number of ether oxygens (including phenoxy) is 3. The monoisotopic (exact) mass is 423 g/mol. The first-order valence-corrected chi connectivity index (χ1v) is 9.92. The molecule has 0 amide bonds. The van der Waals surface area contributed by atoms with Crippen LogP contribution in [0.1, 0.15) is 5.56 Å². The maximum absolute atomic E-state index is 9.70. The number of methoxy groups -OCH3 is 2. The normalized spacial score (nSPS) is 10.2. The molecule has 4 rings (SSSR count). The summed E-state index contributed by atoms with van der Waals surface area (Å²) in [6.45, 7) is 0. The topological polar surface area (TPSA) is 76.4 Å². The van der Waals surface area contributed by atoms with Crippen molar-refractivity contribution in [1.82, 2.24) is 4.98 Å². The maximum atomic E-state index is 9.70. The molecule has 0 fully saturated rings. The molecule has 3 aromatic carbocycles. The smallest absolute Gasteiger partial charge is 0.161 e. The largest absolute Gasteiger partial charge is 0.493 e. The predicted molar refractivity (Wildman–Crippen MR) is 124 cm³/mol. The minimum absolute atomic E-state index is 0.423. The lowest BCUT2D eigenvalue weighted by Gasteiger charge is -2.16. The van der Waals surface area contributed by atoms with E-state index in [9.17, 15) is 5.26 Å². The van der Waals surface area contributed by atoms with Gasteiger partial charge in [0.1, 0.15) is 17.6 Å². The van der Waals surface area contributed by atoms with Crippen LogP contribution in [0.3, 0.4) is 0 Å². The lowest BCUT2D eigenvalue weighted by molar-refractivity contribution is 0.355. The average molecular weight is 423 g/mol. The summed E-state index contributed by atoms with van der Waals surface area (Å²) in [5, 5.41) is 13.1. The molecule has 1 heterocycles. The number of hydrogen-bond donors (Lipinski definition) is 1. The minimum atomic E-state index is 0.423. The third-order valence-electron chi connectivity index (χ3n) is 4.84. The van der Waals surface area contributed by atoms with Crippen molar-refractivity contribution >= 4 is 11.4 Å². The fourth-order valence-electron chi connectivity index (χ4n) is 3.31. The Balaban J connectivity index is 1.71. The van der Waals surface area contributed by atoms with E-state index in [0.29, 0.717) is 28.5 Å². The summed E-state index contributed by atoms with van der Waals surface area (Å²) >= 11 is 0. The second-order valence-corrected chi connectivity index (χ2v) is 6.86. The van der Waals surface area contributed by atoms with E-state index in [-0.39, 0.29) is 0 Å². The third kappa shape index (κ3) is 4.47. The molecule has 1 N–H and O–H groups in total. The number of nitriles is 1.